The van der Waals surface area contributed by atoms with Gasteiger partial charge in [0.15, 0.2) is 5.69 Å². The lowest BCUT2D eigenvalue weighted by molar-refractivity contribution is 0.101. The minimum Gasteiger partial charge on any atom is -0.320 e. The molecule has 21 heavy (non-hydrogen) atoms. The van der Waals surface area contributed by atoms with Gasteiger partial charge < -0.3 is 5.32 Å². The Morgan fingerprint density at radius 3 is 2.57 bits per heavy atom. The van der Waals surface area contributed by atoms with Crippen LogP contribution in [0.3, 0.4) is 0 Å². The number of halogens is 1. The molecule has 0 radical (unpaired) electrons. The molecule has 0 aliphatic heterocycles. The van der Waals surface area contributed by atoms with Crippen LogP contribution in [0.15, 0.2) is 42.6 Å². The topological polar surface area (TPSA) is 46.4 Å². The molecule has 1 amide bonds. The molecular weight excluding hydrogens is 269 g/mol. The lowest BCUT2D eigenvalue weighted by Gasteiger charge is -2.06. The highest BCUT2D eigenvalue weighted by molar-refractivity contribution is 6.03. The van der Waals surface area contributed by atoms with Crippen molar-refractivity contribution in [1.29, 1.82) is 0 Å². The van der Waals surface area contributed by atoms with Crippen LogP contribution in [0.2, 0.25) is 0 Å². The molecule has 1 N–H and O–H groups in total. The van der Waals surface area contributed by atoms with Gasteiger partial charge in [-0.3, -0.25) is 9.20 Å². The maximum Gasteiger partial charge on any atom is 0.279 e. The summed E-state index contributed by atoms with van der Waals surface area (Å²) in [5.41, 5.74) is 2.62. The largest absolute Gasteiger partial charge is 0.320 e. The van der Waals surface area contributed by atoms with Gasteiger partial charge in [-0.15, -0.1) is 0 Å². The Bertz CT molecular complexity index is 839. The number of carbonyl (C=O) groups excluding carboxylic acids is 1. The molecule has 2 aromatic heterocycles. The molecule has 1 aromatic carbocycles. The minimum absolute atomic E-state index is 0.201. The second kappa shape index (κ2) is 5.01. The van der Waals surface area contributed by atoms with Gasteiger partial charge in [-0.2, -0.15) is 4.39 Å². The molecule has 2 heterocycles. The van der Waals surface area contributed by atoms with Crippen molar-refractivity contribution in [2.75, 3.05) is 5.32 Å². The van der Waals surface area contributed by atoms with E-state index in [9.17, 15) is 9.18 Å². The summed E-state index contributed by atoms with van der Waals surface area (Å²) in [6.45, 7) is 3.70. The normalized spacial score (nSPS) is 10.8. The molecule has 0 aliphatic rings. The van der Waals surface area contributed by atoms with Gasteiger partial charge in [0.25, 0.3) is 5.91 Å². The molecule has 3 aromatic rings. The lowest BCUT2D eigenvalue weighted by Crippen LogP contribution is -2.15. The number of aromatic nitrogens is 2. The molecule has 0 saturated heterocycles. The van der Waals surface area contributed by atoms with E-state index in [4.69, 9.17) is 0 Å². The van der Waals surface area contributed by atoms with Gasteiger partial charge in [0.2, 0.25) is 5.95 Å². The summed E-state index contributed by atoms with van der Waals surface area (Å²) in [5.74, 6) is -1.20. The second-order valence-corrected chi connectivity index (χ2v) is 4.91. The summed E-state index contributed by atoms with van der Waals surface area (Å²) in [4.78, 5) is 16.4. The fourth-order valence-corrected chi connectivity index (χ4v) is 2.21. The third kappa shape index (κ3) is 2.27. The Morgan fingerprint density at radius 2 is 1.86 bits per heavy atom. The SMILES string of the molecule is Cc1ccccc1NC(=O)c1nc2c(C)cccn2c1F. The average Bonchev–Trinajstić information content (AvgIpc) is 2.81. The van der Waals surface area contributed by atoms with Crippen molar-refractivity contribution in [1.82, 2.24) is 9.38 Å². The number of hydrogen-bond acceptors (Lipinski definition) is 2. The number of rotatable bonds is 2. The standard InChI is InChI=1S/C16H14FN3O/c1-10-6-3-4-8-12(10)18-16(21)13-14(17)20-9-5-7-11(2)15(20)19-13/h3-9H,1-2H3,(H,18,21). The molecule has 0 unspecified atom stereocenters. The predicted molar refractivity (Wildman–Crippen MR) is 79.0 cm³/mol. The third-order valence-corrected chi connectivity index (χ3v) is 3.40. The zero-order chi connectivity index (χ0) is 15.0. The molecule has 3 rings (SSSR count). The maximum absolute atomic E-state index is 14.3. The summed E-state index contributed by atoms with van der Waals surface area (Å²) in [6, 6.07) is 10.9. The van der Waals surface area contributed by atoms with E-state index in [-0.39, 0.29) is 5.69 Å². The quantitative estimate of drug-likeness (QED) is 0.784. The number of carbonyl (C=O) groups is 1. The highest BCUT2D eigenvalue weighted by atomic mass is 19.1. The Labute approximate surface area is 121 Å². The fourth-order valence-electron chi connectivity index (χ4n) is 2.21. The number of fused-ring (bicyclic) bond motifs is 1. The van der Waals surface area contributed by atoms with Crippen LogP contribution in [0.25, 0.3) is 5.65 Å². The number of benzene rings is 1. The number of anilines is 1. The third-order valence-electron chi connectivity index (χ3n) is 3.40. The zero-order valence-electron chi connectivity index (χ0n) is 11.7. The number of nitrogens with one attached hydrogen (secondary N) is 1. The highest BCUT2D eigenvalue weighted by Crippen LogP contribution is 2.18. The van der Waals surface area contributed by atoms with Crippen LogP contribution in [0.4, 0.5) is 10.1 Å². The van der Waals surface area contributed by atoms with Gasteiger partial charge in [0, 0.05) is 11.9 Å². The van der Waals surface area contributed by atoms with Crippen LogP contribution in [0.1, 0.15) is 21.6 Å². The summed E-state index contributed by atoms with van der Waals surface area (Å²) in [6.07, 6.45) is 1.55. The number of hydrogen-bond donors (Lipinski definition) is 1. The molecular formula is C16H14FN3O. The summed E-state index contributed by atoms with van der Waals surface area (Å²) < 4.78 is 15.6. The number of nitrogens with zero attached hydrogens (tertiary/aromatic N) is 2. The molecule has 0 bridgehead atoms. The predicted octanol–water partition coefficient (Wildman–Crippen LogP) is 3.34. The first-order chi connectivity index (χ1) is 10.1. The van der Waals surface area contributed by atoms with E-state index in [1.54, 1.807) is 18.3 Å². The molecule has 0 spiro atoms. The Hall–Kier alpha value is -2.69. The molecule has 0 aliphatic carbocycles. The smallest absolute Gasteiger partial charge is 0.279 e. The first kappa shape index (κ1) is 13.3. The van der Waals surface area contributed by atoms with Gasteiger partial charge in [-0.25, -0.2) is 4.98 Å². The summed E-state index contributed by atoms with van der Waals surface area (Å²) in [5, 5.41) is 2.69. The van der Waals surface area contributed by atoms with E-state index in [1.807, 2.05) is 38.1 Å². The van der Waals surface area contributed by atoms with Crippen molar-refractivity contribution in [3.05, 3.63) is 65.4 Å². The molecule has 0 saturated carbocycles. The van der Waals surface area contributed by atoms with E-state index in [0.717, 1.165) is 11.1 Å². The summed E-state index contributed by atoms with van der Waals surface area (Å²) in [7, 11) is 0. The van der Waals surface area contributed by atoms with Gasteiger partial charge >= 0.3 is 0 Å². The Morgan fingerprint density at radius 1 is 1.14 bits per heavy atom. The van der Waals surface area contributed by atoms with E-state index in [1.165, 1.54) is 4.40 Å². The van der Waals surface area contributed by atoms with E-state index < -0.39 is 11.9 Å². The van der Waals surface area contributed by atoms with Gasteiger partial charge in [0.1, 0.15) is 5.65 Å². The lowest BCUT2D eigenvalue weighted by atomic mass is 10.2. The van der Waals surface area contributed by atoms with Crippen LogP contribution in [0, 0.1) is 19.8 Å². The number of amides is 1. The van der Waals surface area contributed by atoms with Crippen LogP contribution < -0.4 is 5.32 Å². The van der Waals surface area contributed by atoms with E-state index >= 15 is 0 Å². The van der Waals surface area contributed by atoms with Crippen LogP contribution in [-0.2, 0) is 0 Å². The maximum atomic E-state index is 14.3. The average molecular weight is 283 g/mol. The second-order valence-electron chi connectivity index (χ2n) is 4.91. The molecule has 0 atom stereocenters. The molecule has 4 nitrogen and oxygen atoms in total. The van der Waals surface area contributed by atoms with Crippen molar-refractivity contribution in [3.8, 4) is 0 Å². The molecule has 0 fully saturated rings. The Balaban J connectivity index is 2.01. The number of para-hydroxylation sites is 1. The van der Waals surface area contributed by atoms with Gasteiger partial charge in [-0.1, -0.05) is 24.3 Å². The number of pyridine rings is 1. The molecule has 106 valence electrons. The van der Waals surface area contributed by atoms with Crippen LogP contribution >= 0.6 is 0 Å². The first-order valence-electron chi connectivity index (χ1n) is 6.58. The van der Waals surface area contributed by atoms with Crippen molar-refractivity contribution in [3.63, 3.8) is 0 Å². The fraction of sp³-hybridized carbons (Fsp3) is 0.125. The van der Waals surface area contributed by atoms with Gasteiger partial charge in [0.05, 0.1) is 0 Å². The summed E-state index contributed by atoms with van der Waals surface area (Å²) >= 11 is 0. The van der Waals surface area contributed by atoms with Gasteiger partial charge in [-0.05, 0) is 37.1 Å². The zero-order valence-corrected chi connectivity index (χ0v) is 11.7. The first-order valence-corrected chi connectivity index (χ1v) is 6.58. The minimum atomic E-state index is -0.653. The Kier molecular flexibility index (Phi) is 3.17. The monoisotopic (exact) mass is 283 g/mol. The highest BCUT2D eigenvalue weighted by Gasteiger charge is 2.20. The number of imidazole rings is 1. The number of aryl methyl sites for hydroxylation is 2. The van der Waals surface area contributed by atoms with Crippen LogP contribution in [-0.4, -0.2) is 15.3 Å². The van der Waals surface area contributed by atoms with E-state index in [0.29, 0.717) is 11.3 Å². The van der Waals surface area contributed by atoms with Crippen molar-refractivity contribution >= 4 is 17.2 Å². The van der Waals surface area contributed by atoms with E-state index in [2.05, 4.69) is 10.3 Å². The van der Waals surface area contributed by atoms with Crippen LogP contribution in [0.5, 0.6) is 0 Å². The van der Waals surface area contributed by atoms with Crippen molar-refractivity contribution in [2.24, 2.45) is 0 Å². The molecule has 5 heteroatoms. The van der Waals surface area contributed by atoms with Crippen molar-refractivity contribution < 1.29 is 9.18 Å². The van der Waals surface area contributed by atoms with Crippen molar-refractivity contribution in [2.45, 2.75) is 13.8 Å².